The van der Waals surface area contributed by atoms with Crippen LogP contribution in [0.1, 0.15) is 54.5 Å². The third-order valence-electron chi connectivity index (χ3n) is 5.02. The highest BCUT2D eigenvalue weighted by atomic mass is 16.5. The Morgan fingerprint density at radius 3 is 2.72 bits per heavy atom. The Labute approximate surface area is 150 Å². The van der Waals surface area contributed by atoms with Crippen molar-refractivity contribution in [1.29, 1.82) is 0 Å². The van der Waals surface area contributed by atoms with Crippen LogP contribution in [0.4, 0.5) is 0 Å². The van der Waals surface area contributed by atoms with Crippen molar-refractivity contribution in [1.82, 2.24) is 5.32 Å². The molecule has 0 heterocycles. The van der Waals surface area contributed by atoms with Crippen LogP contribution in [0, 0.1) is 6.92 Å². The average Bonchev–Trinajstić information content (AvgIpc) is 2.65. The second-order valence-electron chi connectivity index (χ2n) is 6.77. The smallest absolute Gasteiger partial charge is 0.258 e. The molecule has 0 spiro atoms. The maximum Gasteiger partial charge on any atom is 0.258 e. The number of nitrogens with one attached hydrogen (secondary N) is 1. The van der Waals surface area contributed by atoms with Gasteiger partial charge in [0.2, 0.25) is 0 Å². The number of hydrogen-bond acceptors (Lipinski definition) is 2. The van der Waals surface area contributed by atoms with Gasteiger partial charge in [0.1, 0.15) is 5.75 Å². The van der Waals surface area contributed by atoms with Gasteiger partial charge in [0.25, 0.3) is 5.91 Å². The van der Waals surface area contributed by atoms with E-state index in [0.29, 0.717) is 0 Å². The Morgan fingerprint density at radius 1 is 1.12 bits per heavy atom. The molecule has 0 aliphatic heterocycles. The zero-order chi connectivity index (χ0) is 17.6. The SMILES string of the molecule is CC[C@@H](NC(=O)COc1cccc2c1CCCC2)c1ccccc1C. The largest absolute Gasteiger partial charge is 0.483 e. The van der Waals surface area contributed by atoms with E-state index in [1.807, 2.05) is 24.3 Å². The lowest BCUT2D eigenvalue weighted by Gasteiger charge is -2.21. The first-order valence-corrected chi connectivity index (χ1v) is 9.27. The van der Waals surface area contributed by atoms with Gasteiger partial charge in [0.05, 0.1) is 6.04 Å². The molecule has 2 aromatic rings. The second-order valence-corrected chi connectivity index (χ2v) is 6.77. The zero-order valence-corrected chi connectivity index (χ0v) is 15.2. The van der Waals surface area contributed by atoms with Crippen LogP contribution in [-0.4, -0.2) is 12.5 Å². The molecule has 1 aliphatic rings. The van der Waals surface area contributed by atoms with Crippen LogP contribution >= 0.6 is 0 Å². The fourth-order valence-electron chi connectivity index (χ4n) is 3.64. The van der Waals surface area contributed by atoms with Crippen LogP contribution in [0.25, 0.3) is 0 Å². The van der Waals surface area contributed by atoms with Crippen molar-refractivity contribution in [3.05, 3.63) is 64.7 Å². The summed E-state index contributed by atoms with van der Waals surface area (Å²) in [6, 6.07) is 14.4. The summed E-state index contributed by atoms with van der Waals surface area (Å²) < 4.78 is 5.87. The number of rotatable bonds is 6. The maximum absolute atomic E-state index is 12.4. The number of amides is 1. The Kier molecular flexibility index (Phi) is 5.75. The Morgan fingerprint density at radius 2 is 1.92 bits per heavy atom. The summed E-state index contributed by atoms with van der Waals surface area (Å²) in [5, 5.41) is 3.11. The third kappa shape index (κ3) is 4.22. The molecule has 0 unspecified atom stereocenters. The molecule has 3 rings (SSSR count). The van der Waals surface area contributed by atoms with Crippen LogP contribution in [0.3, 0.4) is 0 Å². The quantitative estimate of drug-likeness (QED) is 0.841. The molecule has 132 valence electrons. The first-order valence-electron chi connectivity index (χ1n) is 9.27. The fourth-order valence-corrected chi connectivity index (χ4v) is 3.64. The summed E-state index contributed by atoms with van der Waals surface area (Å²) >= 11 is 0. The third-order valence-corrected chi connectivity index (χ3v) is 5.02. The summed E-state index contributed by atoms with van der Waals surface area (Å²) in [6.07, 6.45) is 5.46. The van der Waals surface area contributed by atoms with Gasteiger partial charge < -0.3 is 10.1 Å². The molecule has 1 N–H and O–H groups in total. The topological polar surface area (TPSA) is 38.3 Å². The van der Waals surface area contributed by atoms with Crippen molar-refractivity contribution in [2.75, 3.05) is 6.61 Å². The van der Waals surface area contributed by atoms with E-state index in [-0.39, 0.29) is 18.6 Å². The van der Waals surface area contributed by atoms with Gasteiger partial charge in [-0.2, -0.15) is 0 Å². The van der Waals surface area contributed by atoms with E-state index in [1.165, 1.54) is 35.1 Å². The minimum absolute atomic E-state index is 0.0296. The summed E-state index contributed by atoms with van der Waals surface area (Å²) in [7, 11) is 0. The average molecular weight is 337 g/mol. The standard InChI is InChI=1S/C22H27NO2/c1-3-20(18-12-6-4-9-16(18)2)23-22(24)15-25-21-14-8-11-17-10-5-7-13-19(17)21/h4,6,8-9,11-12,14,20H,3,5,7,10,13,15H2,1-2H3,(H,23,24)/t20-/m1/s1. The van der Waals surface area contributed by atoms with Crippen molar-refractivity contribution >= 4 is 5.91 Å². The van der Waals surface area contributed by atoms with Crippen molar-refractivity contribution in [3.63, 3.8) is 0 Å². The Hall–Kier alpha value is -2.29. The van der Waals surface area contributed by atoms with Gasteiger partial charge in [-0.15, -0.1) is 0 Å². The van der Waals surface area contributed by atoms with Gasteiger partial charge in [-0.05, 0) is 67.3 Å². The number of fused-ring (bicyclic) bond motifs is 1. The van der Waals surface area contributed by atoms with Crippen molar-refractivity contribution in [3.8, 4) is 5.75 Å². The monoisotopic (exact) mass is 337 g/mol. The highest BCUT2D eigenvalue weighted by Gasteiger charge is 2.17. The lowest BCUT2D eigenvalue weighted by atomic mass is 9.91. The number of carbonyl (C=O) groups is 1. The van der Waals surface area contributed by atoms with Gasteiger partial charge in [0.15, 0.2) is 6.61 Å². The zero-order valence-electron chi connectivity index (χ0n) is 15.2. The van der Waals surface area contributed by atoms with Gasteiger partial charge in [0, 0.05) is 0 Å². The van der Waals surface area contributed by atoms with Crippen molar-refractivity contribution in [2.24, 2.45) is 0 Å². The molecule has 1 amide bonds. The van der Waals surface area contributed by atoms with Gasteiger partial charge in [-0.25, -0.2) is 0 Å². The molecule has 0 saturated heterocycles. The summed E-state index contributed by atoms with van der Waals surface area (Å²) in [4.78, 5) is 12.4. The molecule has 0 fully saturated rings. The first kappa shape index (κ1) is 17.5. The summed E-state index contributed by atoms with van der Waals surface area (Å²) in [5.41, 5.74) is 5.03. The lowest BCUT2D eigenvalue weighted by Crippen LogP contribution is -2.32. The molecule has 0 aromatic heterocycles. The molecule has 0 saturated carbocycles. The molecule has 25 heavy (non-hydrogen) atoms. The molecular weight excluding hydrogens is 310 g/mol. The normalized spacial score (nSPS) is 14.5. The summed E-state index contributed by atoms with van der Waals surface area (Å²) in [6.45, 7) is 4.24. The molecule has 1 atom stereocenters. The van der Waals surface area contributed by atoms with E-state index < -0.39 is 0 Å². The summed E-state index contributed by atoms with van der Waals surface area (Å²) in [5.74, 6) is 0.805. The van der Waals surface area contributed by atoms with Crippen LogP contribution < -0.4 is 10.1 Å². The minimum Gasteiger partial charge on any atom is -0.483 e. The molecule has 1 aliphatic carbocycles. The molecule has 0 radical (unpaired) electrons. The van der Waals surface area contributed by atoms with E-state index in [9.17, 15) is 4.79 Å². The maximum atomic E-state index is 12.4. The van der Waals surface area contributed by atoms with Crippen LogP contribution in [-0.2, 0) is 17.6 Å². The molecule has 3 nitrogen and oxygen atoms in total. The van der Waals surface area contributed by atoms with E-state index in [1.54, 1.807) is 0 Å². The van der Waals surface area contributed by atoms with E-state index in [4.69, 9.17) is 4.74 Å². The Balaban J connectivity index is 1.62. The van der Waals surface area contributed by atoms with Crippen molar-refractivity contribution in [2.45, 2.75) is 52.0 Å². The Bertz CT molecular complexity index is 739. The first-order chi connectivity index (χ1) is 12.2. The number of aryl methyl sites for hydroxylation is 2. The molecule has 2 aromatic carbocycles. The molecule has 3 heteroatoms. The number of benzene rings is 2. The molecule has 0 bridgehead atoms. The number of hydrogen-bond donors (Lipinski definition) is 1. The number of carbonyl (C=O) groups excluding carboxylic acids is 1. The van der Waals surface area contributed by atoms with Gasteiger partial charge in [-0.1, -0.05) is 43.3 Å². The minimum atomic E-state index is -0.0662. The number of ether oxygens (including phenoxy) is 1. The van der Waals surface area contributed by atoms with Crippen LogP contribution in [0.2, 0.25) is 0 Å². The van der Waals surface area contributed by atoms with Gasteiger partial charge in [-0.3, -0.25) is 4.79 Å². The van der Waals surface area contributed by atoms with Gasteiger partial charge >= 0.3 is 0 Å². The van der Waals surface area contributed by atoms with Crippen LogP contribution in [0.5, 0.6) is 5.75 Å². The predicted molar refractivity (Wildman–Crippen MR) is 101 cm³/mol. The van der Waals surface area contributed by atoms with E-state index in [0.717, 1.165) is 25.0 Å². The van der Waals surface area contributed by atoms with E-state index >= 15 is 0 Å². The molecular formula is C22H27NO2. The predicted octanol–water partition coefficient (Wildman–Crippen LogP) is 4.52. The van der Waals surface area contributed by atoms with E-state index in [2.05, 4.69) is 37.4 Å². The fraction of sp³-hybridized carbons (Fsp3) is 0.409. The van der Waals surface area contributed by atoms with Crippen molar-refractivity contribution < 1.29 is 9.53 Å². The highest BCUT2D eigenvalue weighted by molar-refractivity contribution is 5.78. The second kappa shape index (κ2) is 8.19. The highest BCUT2D eigenvalue weighted by Crippen LogP contribution is 2.29. The lowest BCUT2D eigenvalue weighted by molar-refractivity contribution is -0.123. The van der Waals surface area contributed by atoms with Crippen LogP contribution in [0.15, 0.2) is 42.5 Å².